The van der Waals surface area contributed by atoms with Gasteiger partial charge in [0.15, 0.2) is 0 Å². The number of hydrogen-bond donors (Lipinski definition) is 2. The Morgan fingerprint density at radius 1 is 0.857 bits per heavy atom. The highest BCUT2D eigenvalue weighted by Gasteiger charge is 2.22. The summed E-state index contributed by atoms with van der Waals surface area (Å²) in [4.78, 5) is 0. The fraction of sp³-hybridized carbons (Fsp3) is 0.769. The third-order valence-electron chi connectivity index (χ3n) is 6.52. The van der Waals surface area contributed by atoms with E-state index in [2.05, 4.69) is 60.6 Å². The standard InChI is InChI=1S/C26H48N2/c1-19(2)23-18-22(17-21(5)25(23)28)26(6,7)16-14-12-10-8-9-11-13-15-24(27)20(3)4/h17-20,24H,8-16,27-28H2,1-7H3. The summed E-state index contributed by atoms with van der Waals surface area (Å²) in [6, 6.07) is 5.05. The number of unbranched alkanes of at least 4 members (excludes halogenated alkanes) is 6. The van der Waals surface area contributed by atoms with E-state index in [1.165, 1.54) is 74.5 Å². The molecule has 0 heterocycles. The highest BCUT2D eigenvalue weighted by Crippen LogP contribution is 2.35. The maximum absolute atomic E-state index is 6.31. The molecule has 28 heavy (non-hydrogen) atoms. The Morgan fingerprint density at radius 3 is 1.93 bits per heavy atom. The van der Waals surface area contributed by atoms with Crippen molar-refractivity contribution in [3.8, 4) is 0 Å². The molecule has 1 aromatic carbocycles. The zero-order valence-electron chi connectivity index (χ0n) is 19.9. The summed E-state index contributed by atoms with van der Waals surface area (Å²) in [7, 11) is 0. The molecule has 0 radical (unpaired) electrons. The lowest BCUT2D eigenvalue weighted by Gasteiger charge is -2.28. The number of benzene rings is 1. The smallest absolute Gasteiger partial charge is 0.0379 e. The molecule has 4 N–H and O–H groups in total. The van der Waals surface area contributed by atoms with E-state index in [1.807, 2.05) is 0 Å². The second-order valence-electron chi connectivity index (χ2n) is 10.3. The lowest BCUT2D eigenvalue weighted by Crippen LogP contribution is -2.25. The summed E-state index contributed by atoms with van der Waals surface area (Å²) in [6.45, 7) is 15.8. The Kier molecular flexibility index (Phi) is 10.6. The van der Waals surface area contributed by atoms with Crippen LogP contribution < -0.4 is 11.5 Å². The summed E-state index contributed by atoms with van der Waals surface area (Å²) in [5.41, 5.74) is 17.6. The Morgan fingerprint density at radius 2 is 1.39 bits per heavy atom. The average Bonchev–Trinajstić information content (AvgIpc) is 2.61. The molecular weight excluding hydrogens is 340 g/mol. The van der Waals surface area contributed by atoms with Gasteiger partial charge in [-0.2, -0.15) is 0 Å². The fourth-order valence-electron chi connectivity index (χ4n) is 4.00. The third kappa shape index (κ3) is 8.15. The van der Waals surface area contributed by atoms with E-state index in [9.17, 15) is 0 Å². The van der Waals surface area contributed by atoms with Gasteiger partial charge in [-0.05, 0) is 53.7 Å². The first kappa shape index (κ1) is 25.0. The van der Waals surface area contributed by atoms with Crippen LogP contribution in [0, 0.1) is 12.8 Å². The highest BCUT2D eigenvalue weighted by molar-refractivity contribution is 5.57. The molecule has 0 spiro atoms. The molecule has 0 saturated carbocycles. The molecule has 1 unspecified atom stereocenters. The fourth-order valence-corrected chi connectivity index (χ4v) is 4.00. The van der Waals surface area contributed by atoms with Crippen molar-refractivity contribution in [3.63, 3.8) is 0 Å². The number of hydrogen-bond acceptors (Lipinski definition) is 2. The minimum absolute atomic E-state index is 0.217. The third-order valence-corrected chi connectivity index (χ3v) is 6.52. The lowest BCUT2D eigenvalue weighted by atomic mass is 9.77. The predicted octanol–water partition coefficient (Wildman–Crippen LogP) is 7.47. The molecule has 1 rings (SSSR count). The van der Waals surface area contributed by atoms with Crippen LogP contribution in [-0.4, -0.2) is 6.04 Å². The molecule has 2 nitrogen and oxygen atoms in total. The van der Waals surface area contributed by atoms with Gasteiger partial charge in [0.05, 0.1) is 0 Å². The van der Waals surface area contributed by atoms with Gasteiger partial charge in [0, 0.05) is 11.7 Å². The van der Waals surface area contributed by atoms with Gasteiger partial charge in [-0.25, -0.2) is 0 Å². The summed E-state index contributed by atoms with van der Waals surface area (Å²) in [5, 5.41) is 0. The molecule has 0 bridgehead atoms. The molecule has 1 atom stereocenters. The number of anilines is 1. The van der Waals surface area contributed by atoms with Gasteiger partial charge in [-0.3, -0.25) is 0 Å². The number of aryl methyl sites for hydroxylation is 1. The van der Waals surface area contributed by atoms with Crippen molar-refractivity contribution in [1.82, 2.24) is 0 Å². The van der Waals surface area contributed by atoms with E-state index in [1.54, 1.807) is 0 Å². The molecule has 0 saturated heterocycles. The Bertz CT molecular complexity index is 572. The molecule has 1 aromatic rings. The van der Waals surface area contributed by atoms with Crippen molar-refractivity contribution in [2.75, 3.05) is 5.73 Å². The zero-order chi connectivity index (χ0) is 21.3. The first-order valence-corrected chi connectivity index (χ1v) is 11.7. The van der Waals surface area contributed by atoms with Crippen LogP contribution >= 0.6 is 0 Å². The van der Waals surface area contributed by atoms with Gasteiger partial charge >= 0.3 is 0 Å². The second-order valence-corrected chi connectivity index (χ2v) is 10.3. The molecule has 0 aliphatic rings. The average molecular weight is 389 g/mol. The number of rotatable bonds is 13. The van der Waals surface area contributed by atoms with E-state index >= 15 is 0 Å². The normalized spacial score (nSPS) is 13.5. The van der Waals surface area contributed by atoms with Crippen molar-refractivity contribution >= 4 is 5.69 Å². The second kappa shape index (κ2) is 11.9. The lowest BCUT2D eigenvalue weighted by molar-refractivity contribution is 0.429. The van der Waals surface area contributed by atoms with Crippen LogP contribution in [0.2, 0.25) is 0 Å². The van der Waals surface area contributed by atoms with Crippen molar-refractivity contribution in [2.24, 2.45) is 11.7 Å². The van der Waals surface area contributed by atoms with Crippen molar-refractivity contribution in [1.29, 1.82) is 0 Å². The topological polar surface area (TPSA) is 52.0 Å². The summed E-state index contributed by atoms with van der Waals surface area (Å²) in [5.74, 6) is 1.09. The number of nitrogens with two attached hydrogens (primary N) is 2. The first-order valence-electron chi connectivity index (χ1n) is 11.7. The van der Waals surface area contributed by atoms with Crippen LogP contribution in [0.5, 0.6) is 0 Å². The quantitative estimate of drug-likeness (QED) is 0.272. The molecule has 0 fully saturated rings. The predicted molar refractivity (Wildman–Crippen MR) is 127 cm³/mol. The van der Waals surface area contributed by atoms with Crippen molar-refractivity contribution in [2.45, 2.75) is 124 Å². The van der Waals surface area contributed by atoms with E-state index in [-0.39, 0.29) is 5.41 Å². The molecule has 0 aliphatic heterocycles. The van der Waals surface area contributed by atoms with Gasteiger partial charge in [-0.1, -0.05) is 98.6 Å². The van der Waals surface area contributed by atoms with Crippen LogP contribution in [0.15, 0.2) is 12.1 Å². The minimum atomic E-state index is 0.217. The van der Waals surface area contributed by atoms with E-state index in [0.717, 1.165) is 5.69 Å². The number of nitrogen functional groups attached to an aromatic ring is 1. The van der Waals surface area contributed by atoms with E-state index < -0.39 is 0 Å². The summed E-state index contributed by atoms with van der Waals surface area (Å²) >= 11 is 0. The van der Waals surface area contributed by atoms with Crippen LogP contribution in [-0.2, 0) is 5.41 Å². The zero-order valence-corrected chi connectivity index (χ0v) is 19.9. The molecule has 162 valence electrons. The van der Waals surface area contributed by atoms with Crippen molar-refractivity contribution in [3.05, 3.63) is 28.8 Å². The monoisotopic (exact) mass is 388 g/mol. The molecule has 0 aromatic heterocycles. The SMILES string of the molecule is Cc1cc(C(C)(C)CCCCCCCCCC(N)C(C)C)cc(C(C)C)c1N. The maximum atomic E-state index is 6.31. The van der Waals surface area contributed by atoms with Crippen molar-refractivity contribution < 1.29 is 0 Å². The van der Waals surface area contributed by atoms with Crippen LogP contribution in [0.3, 0.4) is 0 Å². The van der Waals surface area contributed by atoms with Crippen LogP contribution in [0.25, 0.3) is 0 Å². The van der Waals surface area contributed by atoms with Crippen LogP contribution in [0.1, 0.15) is 122 Å². The van der Waals surface area contributed by atoms with Gasteiger partial charge in [-0.15, -0.1) is 0 Å². The molecule has 0 amide bonds. The van der Waals surface area contributed by atoms with Gasteiger partial charge in [0.2, 0.25) is 0 Å². The molecule has 2 heteroatoms. The van der Waals surface area contributed by atoms with E-state index in [0.29, 0.717) is 17.9 Å². The van der Waals surface area contributed by atoms with Crippen LogP contribution in [0.4, 0.5) is 5.69 Å². The molecular formula is C26H48N2. The Balaban J connectivity index is 2.33. The molecule has 0 aliphatic carbocycles. The Hall–Kier alpha value is -1.02. The van der Waals surface area contributed by atoms with Gasteiger partial charge in [0.1, 0.15) is 0 Å². The first-order chi connectivity index (χ1) is 13.1. The van der Waals surface area contributed by atoms with Gasteiger partial charge in [0.25, 0.3) is 0 Å². The van der Waals surface area contributed by atoms with Gasteiger partial charge < -0.3 is 11.5 Å². The summed E-state index contributed by atoms with van der Waals surface area (Å²) in [6.07, 6.45) is 11.8. The highest BCUT2D eigenvalue weighted by atomic mass is 14.6. The Labute approximate surface area is 175 Å². The maximum Gasteiger partial charge on any atom is 0.0379 e. The van der Waals surface area contributed by atoms with E-state index in [4.69, 9.17) is 11.5 Å². The minimum Gasteiger partial charge on any atom is -0.398 e. The largest absolute Gasteiger partial charge is 0.398 e. The summed E-state index contributed by atoms with van der Waals surface area (Å²) < 4.78 is 0.